The molecule has 0 saturated heterocycles. The van der Waals surface area contributed by atoms with E-state index in [-0.39, 0.29) is 17.2 Å². The van der Waals surface area contributed by atoms with Crippen LogP contribution in [0.3, 0.4) is 0 Å². The molecule has 4 rings (SSSR count). The lowest BCUT2D eigenvalue weighted by Gasteiger charge is -2.13. The summed E-state index contributed by atoms with van der Waals surface area (Å²) in [5.41, 5.74) is 3.12. The number of carbonyl (C=O) groups excluding carboxylic acids is 1. The standard InChI is InChI=1S/C26H22FNO4/c1-3-30-24-15-18(11-12-23(24)31-16-19-8-6-7-17(2)13-19)14-22-26(29)32-25(28-22)20-9-4-5-10-21(20)27/h4-15H,3,16H2,1-2H3/b22-14-. The molecule has 0 aromatic heterocycles. The number of nitrogens with zero attached hydrogens (tertiary/aromatic N) is 1. The van der Waals surface area contributed by atoms with Gasteiger partial charge in [-0.1, -0.05) is 48.0 Å². The summed E-state index contributed by atoms with van der Waals surface area (Å²) in [6, 6.07) is 19.5. The van der Waals surface area contributed by atoms with Crippen LogP contribution in [0.15, 0.2) is 77.4 Å². The third-order valence-electron chi connectivity index (χ3n) is 4.77. The second kappa shape index (κ2) is 9.47. The molecule has 32 heavy (non-hydrogen) atoms. The molecule has 0 aliphatic carbocycles. The summed E-state index contributed by atoms with van der Waals surface area (Å²) >= 11 is 0. The van der Waals surface area contributed by atoms with E-state index in [9.17, 15) is 9.18 Å². The van der Waals surface area contributed by atoms with Crippen molar-refractivity contribution in [1.29, 1.82) is 0 Å². The van der Waals surface area contributed by atoms with E-state index in [0.29, 0.717) is 30.3 Å². The van der Waals surface area contributed by atoms with Crippen LogP contribution in [-0.2, 0) is 16.1 Å². The fourth-order valence-electron chi connectivity index (χ4n) is 3.28. The molecule has 0 atom stereocenters. The van der Waals surface area contributed by atoms with E-state index in [1.54, 1.807) is 36.4 Å². The minimum Gasteiger partial charge on any atom is -0.490 e. The smallest absolute Gasteiger partial charge is 0.363 e. The van der Waals surface area contributed by atoms with Crippen molar-refractivity contribution in [3.05, 3.63) is 100 Å². The largest absolute Gasteiger partial charge is 0.490 e. The molecule has 0 bridgehead atoms. The number of ether oxygens (including phenoxy) is 3. The Kier molecular flexibility index (Phi) is 6.31. The van der Waals surface area contributed by atoms with Crippen molar-refractivity contribution >= 4 is 17.9 Å². The Balaban J connectivity index is 1.57. The van der Waals surface area contributed by atoms with Crippen LogP contribution in [-0.4, -0.2) is 18.5 Å². The van der Waals surface area contributed by atoms with Gasteiger partial charge in [-0.15, -0.1) is 0 Å². The van der Waals surface area contributed by atoms with Gasteiger partial charge in [0.15, 0.2) is 17.2 Å². The van der Waals surface area contributed by atoms with E-state index >= 15 is 0 Å². The summed E-state index contributed by atoms with van der Waals surface area (Å²) in [5, 5.41) is 0. The molecule has 0 amide bonds. The first kappa shape index (κ1) is 21.3. The zero-order valence-electron chi connectivity index (χ0n) is 17.8. The molecule has 1 heterocycles. The van der Waals surface area contributed by atoms with Crippen molar-refractivity contribution in [2.75, 3.05) is 6.61 Å². The van der Waals surface area contributed by atoms with Gasteiger partial charge in [-0.25, -0.2) is 14.2 Å². The first-order valence-corrected chi connectivity index (χ1v) is 10.3. The molecule has 1 aliphatic heterocycles. The Morgan fingerprint density at radius 3 is 2.62 bits per heavy atom. The minimum atomic E-state index is -0.638. The van der Waals surface area contributed by atoms with Gasteiger partial charge in [0.25, 0.3) is 0 Å². The van der Waals surface area contributed by atoms with Crippen LogP contribution in [0.5, 0.6) is 11.5 Å². The zero-order chi connectivity index (χ0) is 22.5. The maximum absolute atomic E-state index is 14.0. The minimum absolute atomic E-state index is 0.0533. The summed E-state index contributed by atoms with van der Waals surface area (Å²) in [5.74, 6) is -0.0447. The van der Waals surface area contributed by atoms with Gasteiger partial charge in [-0.2, -0.15) is 0 Å². The number of hydrogen-bond donors (Lipinski definition) is 0. The molecule has 0 radical (unpaired) electrons. The lowest BCUT2D eigenvalue weighted by Crippen LogP contribution is -2.07. The summed E-state index contributed by atoms with van der Waals surface area (Å²) < 4.78 is 30.8. The molecule has 5 nitrogen and oxygen atoms in total. The molecule has 3 aromatic rings. The fourth-order valence-corrected chi connectivity index (χ4v) is 3.28. The normalized spacial score (nSPS) is 14.3. The van der Waals surface area contributed by atoms with Gasteiger partial charge in [0.05, 0.1) is 12.2 Å². The Morgan fingerprint density at radius 1 is 1.00 bits per heavy atom. The van der Waals surface area contributed by atoms with E-state index in [2.05, 4.69) is 11.1 Å². The van der Waals surface area contributed by atoms with Crippen LogP contribution in [0.4, 0.5) is 4.39 Å². The number of aliphatic imine (C=N–C) groups is 1. The highest BCUT2D eigenvalue weighted by molar-refractivity contribution is 6.12. The topological polar surface area (TPSA) is 57.1 Å². The van der Waals surface area contributed by atoms with Gasteiger partial charge in [-0.3, -0.25) is 0 Å². The lowest BCUT2D eigenvalue weighted by molar-refractivity contribution is -0.129. The van der Waals surface area contributed by atoms with Crippen molar-refractivity contribution in [2.24, 2.45) is 4.99 Å². The van der Waals surface area contributed by atoms with Crippen molar-refractivity contribution < 1.29 is 23.4 Å². The number of benzene rings is 3. The predicted molar refractivity (Wildman–Crippen MR) is 120 cm³/mol. The van der Waals surface area contributed by atoms with Gasteiger partial charge in [-0.05, 0) is 55.3 Å². The second-order valence-electron chi connectivity index (χ2n) is 7.23. The van der Waals surface area contributed by atoms with Crippen LogP contribution >= 0.6 is 0 Å². The third-order valence-corrected chi connectivity index (χ3v) is 4.77. The molecule has 0 spiro atoms. The van der Waals surface area contributed by atoms with Crippen LogP contribution in [0.2, 0.25) is 0 Å². The second-order valence-corrected chi connectivity index (χ2v) is 7.23. The molecule has 0 unspecified atom stereocenters. The number of carbonyl (C=O) groups is 1. The zero-order valence-corrected chi connectivity index (χ0v) is 17.8. The van der Waals surface area contributed by atoms with Gasteiger partial charge in [0.1, 0.15) is 12.4 Å². The third kappa shape index (κ3) is 4.86. The van der Waals surface area contributed by atoms with E-state index < -0.39 is 11.8 Å². The van der Waals surface area contributed by atoms with Crippen molar-refractivity contribution in [3.8, 4) is 11.5 Å². The summed E-state index contributed by atoms with van der Waals surface area (Å²) in [6.45, 7) is 4.78. The summed E-state index contributed by atoms with van der Waals surface area (Å²) in [6.07, 6.45) is 1.57. The average Bonchev–Trinajstić information content (AvgIpc) is 3.13. The number of cyclic esters (lactones) is 1. The molecule has 162 valence electrons. The van der Waals surface area contributed by atoms with Gasteiger partial charge in [0.2, 0.25) is 5.90 Å². The first-order valence-electron chi connectivity index (χ1n) is 10.3. The van der Waals surface area contributed by atoms with Crippen LogP contribution in [0, 0.1) is 12.7 Å². The quantitative estimate of drug-likeness (QED) is 0.368. The Bertz CT molecular complexity index is 1220. The highest BCUT2D eigenvalue weighted by atomic mass is 19.1. The van der Waals surface area contributed by atoms with Crippen molar-refractivity contribution in [1.82, 2.24) is 0 Å². The number of hydrogen-bond acceptors (Lipinski definition) is 5. The maximum atomic E-state index is 14.0. The number of rotatable bonds is 7. The molecular formula is C26H22FNO4. The highest BCUT2D eigenvalue weighted by Gasteiger charge is 2.26. The number of esters is 1. The molecule has 0 saturated carbocycles. The van der Waals surface area contributed by atoms with Gasteiger partial charge < -0.3 is 14.2 Å². The molecule has 1 aliphatic rings. The Hall–Kier alpha value is -3.93. The van der Waals surface area contributed by atoms with E-state index in [0.717, 1.165) is 11.1 Å². The molecular weight excluding hydrogens is 409 g/mol. The number of aryl methyl sites for hydroxylation is 1. The van der Waals surface area contributed by atoms with Crippen molar-refractivity contribution in [3.63, 3.8) is 0 Å². The maximum Gasteiger partial charge on any atom is 0.363 e. The van der Waals surface area contributed by atoms with E-state index in [1.807, 2.05) is 32.0 Å². The Labute approximate surface area is 185 Å². The molecule has 0 fully saturated rings. The summed E-state index contributed by atoms with van der Waals surface area (Å²) in [4.78, 5) is 16.4. The van der Waals surface area contributed by atoms with E-state index in [4.69, 9.17) is 14.2 Å². The first-order chi connectivity index (χ1) is 15.5. The predicted octanol–water partition coefficient (Wildman–Crippen LogP) is 5.46. The molecule has 0 N–H and O–H groups in total. The van der Waals surface area contributed by atoms with Crippen LogP contribution in [0.25, 0.3) is 6.08 Å². The van der Waals surface area contributed by atoms with Crippen LogP contribution in [0.1, 0.15) is 29.2 Å². The Morgan fingerprint density at radius 2 is 1.84 bits per heavy atom. The lowest BCUT2D eigenvalue weighted by atomic mass is 10.1. The molecule has 3 aromatic carbocycles. The SMILES string of the molecule is CCOc1cc(/C=C2\N=C(c3ccccc3F)OC2=O)ccc1OCc1cccc(C)c1. The van der Waals surface area contributed by atoms with Crippen molar-refractivity contribution in [2.45, 2.75) is 20.5 Å². The van der Waals surface area contributed by atoms with Crippen LogP contribution < -0.4 is 9.47 Å². The molecule has 6 heteroatoms. The van der Waals surface area contributed by atoms with E-state index in [1.165, 1.54) is 12.1 Å². The monoisotopic (exact) mass is 431 g/mol. The fraction of sp³-hybridized carbons (Fsp3) is 0.154. The van der Waals surface area contributed by atoms with Gasteiger partial charge in [0, 0.05) is 0 Å². The summed E-state index contributed by atoms with van der Waals surface area (Å²) in [7, 11) is 0. The van der Waals surface area contributed by atoms with Gasteiger partial charge >= 0.3 is 5.97 Å². The highest BCUT2D eigenvalue weighted by Crippen LogP contribution is 2.31. The number of halogens is 1. The average molecular weight is 431 g/mol.